The quantitative estimate of drug-likeness (QED) is 0.836. The monoisotopic (exact) mass is 244 g/mol. The fraction of sp³-hybridized carbons (Fsp3) is 0.533. The van der Waals surface area contributed by atoms with E-state index in [0.29, 0.717) is 12.1 Å². The number of hydrogen-bond donors (Lipinski definition) is 2. The Balaban J connectivity index is 1.90. The molecule has 0 amide bonds. The topological polar surface area (TPSA) is 56.0 Å². The van der Waals surface area contributed by atoms with E-state index in [1.165, 1.54) is 12.8 Å². The molecule has 1 fully saturated rings. The number of aliphatic hydroxyl groups is 1. The third-order valence-electron chi connectivity index (χ3n) is 3.77. The van der Waals surface area contributed by atoms with Gasteiger partial charge in [0.1, 0.15) is 0 Å². The Bertz CT molecular complexity index is 441. The molecular weight excluding hydrogens is 224 g/mol. The highest BCUT2D eigenvalue weighted by molar-refractivity contribution is 5.32. The number of β-amino-alcohol motifs (C(OH)–C–C–N with tert-alkyl or cyclic N) is 1. The summed E-state index contributed by atoms with van der Waals surface area (Å²) in [5.41, 5.74) is 1.58. The molecule has 2 rings (SSSR count). The summed E-state index contributed by atoms with van der Waals surface area (Å²) in [4.78, 5) is 0. The number of nitriles is 1. The second-order valence-electron chi connectivity index (χ2n) is 5.63. The zero-order valence-corrected chi connectivity index (χ0v) is 11.0. The van der Waals surface area contributed by atoms with Gasteiger partial charge in [-0.15, -0.1) is 0 Å². The van der Waals surface area contributed by atoms with Crippen LogP contribution in [0.3, 0.4) is 0 Å². The first kappa shape index (κ1) is 13.1. The molecule has 1 aromatic rings. The molecule has 3 nitrogen and oxygen atoms in total. The van der Waals surface area contributed by atoms with Crippen LogP contribution >= 0.6 is 0 Å². The van der Waals surface area contributed by atoms with E-state index in [1.54, 1.807) is 12.1 Å². The van der Waals surface area contributed by atoms with Gasteiger partial charge in [-0.2, -0.15) is 5.26 Å². The molecule has 1 atom stereocenters. The predicted octanol–water partition coefficient (Wildman–Crippen LogP) is 2.37. The molecule has 96 valence electrons. The van der Waals surface area contributed by atoms with Gasteiger partial charge in [-0.05, 0) is 50.3 Å². The van der Waals surface area contributed by atoms with Gasteiger partial charge < -0.3 is 10.4 Å². The average Bonchev–Trinajstić information content (AvgIpc) is 3.21. The minimum atomic E-state index is -0.518. The van der Waals surface area contributed by atoms with Crippen LogP contribution in [0.15, 0.2) is 24.3 Å². The number of benzene rings is 1. The van der Waals surface area contributed by atoms with Crippen molar-refractivity contribution in [1.29, 1.82) is 5.26 Å². The molecule has 0 aromatic heterocycles. The standard InChI is InChI=1S/C15H20N2O/c1-15(2,13-7-8-13)17-10-14(18)12-5-3-11(9-16)4-6-12/h3-6,13-14,17-18H,7-8,10H2,1-2H3. The van der Waals surface area contributed by atoms with E-state index in [0.717, 1.165) is 11.5 Å². The maximum atomic E-state index is 10.1. The Morgan fingerprint density at radius 1 is 1.39 bits per heavy atom. The summed E-state index contributed by atoms with van der Waals surface area (Å²) in [5, 5.41) is 22.3. The Kier molecular flexibility index (Phi) is 3.70. The maximum absolute atomic E-state index is 10.1. The van der Waals surface area contributed by atoms with Gasteiger partial charge in [-0.3, -0.25) is 0 Å². The summed E-state index contributed by atoms with van der Waals surface area (Å²) >= 11 is 0. The van der Waals surface area contributed by atoms with Crippen molar-refractivity contribution in [2.75, 3.05) is 6.54 Å². The first-order valence-corrected chi connectivity index (χ1v) is 6.46. The van der Waals surface area contributed by atoms with Gasteiger partial charge in [0.25, 0.3) is 0 Å². The van der Waals surface area contributed by atoms with Crippen molar-refractivity contribution < 1.29 is 5.11 Å². The molecule has 1 aliphatic rings. The van der Waals surface area contributed by atoms with Crippen LogP contribution in [-0.2, 0) is 0 Å². The van der Waals surface area contributed by atoms with E-state index in [9.17, 15) is 5.11 Å². The first-order valence-electron chi connectivity index (χ1n) is 6.46. The van der Waals surface area contributed by atoms with Gasteiger partial charge in [0.2, 0.25) is 0 Å². The zero-order valence-electron chi connectivity index (χ0n) is 11.0. The summed E-state index contributed by atoms with van der Waals surface area (Å²) in [5.74, 6) is 0.741. The van der Waals surface area contributed by atoms with Gasteiger partial charge in [-0.25, -0.2) is 0 Å². The van der Waals surface area contributed by atoms with E-state index in [-0.39, 0.29) is 5.54 Å². The molecular formula is C15H20N2O. The summed E-state index contributed by atoms with van der Waals surface area (Å²) in [7, 11) is 0. The number of nitrogens with one attached hydrogen (secondary N) is 1. The van der Waals surface area contributed by atoms with Crippen molar-refractivity contribution in [2.45, 2.75) is 38.3 Å². The number of hydrogen-bond acceptors (Lipinski definition) is 3. The van der Waals surface area contributed by atoms with E-state index in [2.05, 4.69) is 25.2 Å². The molecule has 1 aliphatic carbocycles. The zero-order chi connectivity index (χ0) is 13.2. The van der Waals surface area contributed by atoms with Crippen LogP contribution in [-0.4, -0.2) is 17.2 Å². The molecule has 0 saturated heterocycles. The summed E-state index contributed by atoms with van der Waals surface area (Å²) in [6.07, 6.45) is 2.05. The van der Waals surface area contributed by atoms with Crippen molar-refractivity contribution in [3.63, 3.8) is 0 Å². The molecule has 1 saturated carbocycles. The van der Waals surface area contributed by atoms with Crippen molar-refractivity contribution in [2.24, 2.45) is 5.92 Å². The van der Waals surface area contributed by atoms with Crippen molar-refractivity contribution in [1.82, 2.24) is 5.32 Å². The Morgan fingerprint density at radius 3 is 2.50 bits per heavy atom. The molecule has 0 bridgehead atoms. The summed E-state index contributed by atoms with van der Waals surface area (Å²) in [6, 6.07) is 9.19. The fourth-order valence-corrected chi connectivity index (χ4v) is 2.21. The van der Waals surface area contributed by atoms with Gasteiger partial charge in [0.15, 0.2) is 0 Å². The van der Waals surface area contributed by atoms with Crippen LogP contribution in [0.2, 0.25) is 0 Å². The van der Waals surface area contributed by atoms with Gasteiger partial charge in [0.05, 0.1) is 17.7 Å². The maximum Gasteiger partial charge on any atom is 0.0991 e. The molecule has 1 aromatic carbocycles. The predicted molar refractivity (Wildman–Crippen MR) is 70.9 cm³/mol. The summed E-state index contributed by atoms with van der Waals surface area (Å²) < 4.78 is 0. The number of aliphatic hydroxyl groups excluding tert-OH is 1. The van der Waals surface area contributed by atoms with Crippen LogP contribution in [0, 0.1) is 17.2 Å². The molecule has 3 heteroatoms. The first-order chi connectivity index (χ1) is 8.53. The highest BCUT2D eigenvalue weighted by atomic mass is 16.3. The highest BCUT2D eigenvalue weighted by Gasteiger charge is 2.37. The van der Waals surface area contributed by atoms with Gasteiger partial charge >= 0.3 is 0 Å². The largest absolute Gasteiger partial charge is 0.387 e. The summed E-state index contributed by atoms with van der Waals surface area (Å²) in [6.45, 7) is 4.93. The molecule has 0 aliphatic heterocycles. The Hall–Kier alpha value is -1.37. The third-order valence-corrected chi connectivity index (χ3v) is 3.77. The SMILES string of the molecule is CC(C)(NCC(O)c1ccc(C#N)cc1)C1CC1. The van der Waals surface area contributed by atoms with Crippen LogP contribution < -0.4 is 5.32 Å². The van der Waals surface area contributed by atoms with Crippen LogP contribution in [0.4, 0.5) is 0 Å². The lowest BCUT2D eigenvalue weighted by Gasteiger charge is -2.27. The second-order valence-corrected chi connectivity index (χ2v) is 5.63. The lowest BCUT2D eigenvalue weighted by molar-refractivity contribution is 0.157. The third kappa shape index (κ3) is 3.10. The molecule has 18 heavy (non-hydrogen) atoms. The number of rotatable bonds is 5. The van der Waals surface area contributed by atoms with Crippen molar-refractivity contribution in [3.8, 4) is 6.07 Å². The minimum Gasteiger partial charge on any atom is -0.387 e. The van der Waals surface area contributed by atoms with E-state index in [4.69, 9.17) is 5.26 Å². The minimum absolute atomic E-state index is 0.105. The van der Waals surface area contributed by atoms with Gasteiger partial charge in [0, 0.05) is 12.1 Å². The Labute approximate surface area is 108 Å². The van der Waals surface area contributed by atoms with Crippen molar-refractivity contribution >= 4 is 0 Å². The molecule has 0 spiro atoms. The average molecular weight is 244 g/mol. The lowest BCUT2D eigenvalue weighted by atomic mass is 9.98. The normalized spacial score (nSPS) is 17.2. The highest BCUT2D eigenvalue weighted by Crippen LogP contribution is 2.39. The van der Waals surface area contributed by atoms with Crippen LogP contribution in [0.25, 0.3) is 0 Å². The smallest absolute Gasteiger partial charge is 0.0991 e. The van der Waals surface area contributed by atoms with E-state index < -0.39 is 6.10 Å². The van der Waals surface area contributed by atoms with Crippen LogP contribution in [0.1, 0.15) is 43.9 Å². The van der Waals surface area contributed by atoms with Gasteiger partial charge in [-0.1, -0.05) is 12.1 Å². The van der Waals surface area contributed by atoms with E-state index in [1.807, 2.05) is 12.1 Å². The molecule has 2 N–H and O–H groups in total. The van der Waals surface area contributed by atoms with Crippen LogP contribution in [0.5, 0.6) is 0 Å². The molecule has 1 unspecified atom stereocenters. The number of nitrogens with zero attached hydrogens (tertiary/aromatic N) is 1. The van der Waals surface area contributed by atoms with Crippen molar-refractivity contribution in [3.05, 3.63) is 35.4 Å². The molecule has 0 heterocycles. The van der Waals surface area contributed by atoms with E-state index >= 15 is 0 Å². The Morgan fingerprint density at radius 2 is 2.00 bits per heavy atom. The molecule has 0 radical (unpaired) electrons. The second kappa shape index (κ2) is 5.09. The fourth-order valence-electron chi connectivity index (χ4n) is 2.21. The lowest BCUT2D eigenvalue weighted by Crippen LogP contribution is -2.43.